The van der Waals surface area contributed by atoms with Crippen molar-refractivity contribution < 1.29 is 4.74 Å². The minimum absolute atomic E-state index is 0.188. The second-order valence-corrected chi connectivity index (χ2v) is 2.66. The lowest BCUT2D eigenvalue weighted by atomic mass is 10.1. The molecule has 0 unspecified atom stereocenters. The number of nitriles is 2. The molecule has 0 saturated carbocycles. The van der Waals surface area contributed by atoms with E-state index >= 15 is 0 Å². The van der Waals surface area contributed by atoms with Crippen LogP contribution in [0.5, 0.6) is 5.75 Å². The van der Waals surface area contributed by atoms with Crippen LogP contribution >= 0.6 is 0 Å². The lowest BCUT2D eigenvalue weighted by Crippen LogP contribution is -1.88. The van der Waals surface area contributed by atoms with Crippen LogP contribution in [0.1, 0.15) is 17.5 Å². The summed E-state index contributed by atoms with van der Waals surface area (Å²) in [6, 6.07) is 9.03. The SMILES string of the molecule is COc1ccc(C#CCC#N)cc1C#N. The van der Waals surface area contributed by atoms with Gasteiger partial charge in [0.1, 0.15) is 11.8 Å². The zero-order valence-corrected chi connectivity index (χ0v) is 8.24. The molecule has 3 nitrogen and oxygen atoms in total. The van der Waals surface area contributed by atoms with Crippen LogP contribution in [0.3, 0.4) is 0 Å². The first-order valence-electron chi connectivity index (χ1n) is 4.25. The van der Waals surface area contributed by atoms with Crippen molar-refractivity contribution >= 4 is 0 Å². The van der Waals surface area contributed by atoms with Crippen molar-refractivity contribution in [1.82, 2.24) is 0 Å². The highest BCUT2D eigenvalue weighted by Crippen LogP contribution is 2.18. The summed E-state index contributed by atoms with van der Waals surface area (Å²) in [7, 11) is 1.51. The summed E-state index contributed by atoms with van der Waals surface area (Å²) in [5, 5.41) is 17.1. The van der Waals surface area contributed by atoms with Gasteiger partial charge in [-0.05, 0) is 18.2 Å². The highest BCUT2D eigenvalue weighted by Gasteiger charge is 2.01. The van der Waals surface area contributed by atoms with Gasteiger partial charge >= 0.3 is 0 Å². The molecule has 72 valence electrons. The zero-order chi connectivity index (χ0) is 11.1. The van der Waals surface area contributed by atoms with Crippen LogP contribution in [0.25, 0.3) is 0 Å². The third-order valence-electron chi connectivity index (χ3n) is 1.72. The Morgan fingerprint density at radius 1 is 1.33 bits per heavy atom. The van der Waals surface area contributed by atoms with Gasteiger partial charge < -0.3 is 4.74 Å². The number of ether oxygens (including phenoxy) is 1. The van der Waals surface area contributed by atoms with Gasteiger partial charge in [-0.25, -0.2) is 0 Å². The number of rotatable bonds is 1. The minimum atomic E-state index is 0.188. The van der Waals surface area contributed by atoms with E-state index in [2.05, 4.69) is 11.8 Å². The summed E-state index contributed by atoms with van der Waals surface area (Å²) in [5.74, 6) is 6.00. The van der Waals surface area contributed by atoms with Crippen LogP contribution in [0, 0.1) is 34.5 Å². The molecule has 15 heavy (non-hydrogen) atoms. The van der Waals surface area contributed by atoms with Gasteiger partial charge in [0, 0.05) is 5.56 Å². The molecule has 0 heterocycles. The maximum atomic E-state index is 8.82. The van der Waals surface area contributed by atoms with Gasteiger partial charge in [0.2, 0.25) is 0 Å². The van der Waals surface area contributed by atoms with Crippen LogP contribution in [0.4, 0.5) is 0 Å². The zero-order valence-electron chi connectivity index (χ0n) is 8.24. The number of methoxy groups -OCH3 is 1. The molecule has 1 aromatic carbocycles. The van der Waals surface area contributed by atoms with Crippen LogP contribution in [-0.2, 0) is 0 Å². The van der Waals surface area contributed by atoms with Crippen molar-refractivity contribution in [2.75, 3.05) is 7.11 Å². The fourth-order valence-electron chi connectivity index (χ4n) is 1.06. The van der Waals surface area contributed by atoms with Gasteiger partial charge in [0.25, 0.3) is 0 Å². The molecular weight excluding hydrogens is 188 g/mol. The maximum absolute atomic E-state index is 8.82. The smallest absolute Gasteiger partial charge is 0.136 e. The topological polar surface area (TPSA) is 56.8 Å². The van der Waals surface area contributed by atoms with E-state index in [1.807, 2.05) is 12.1 Å². The first kappa shape index (κ1) is 10.6. The van der Waals surface area contributed by atoms with Crippen LogP contribution in [0.2, 0.25) is 0 Å². The fourth-order valence-corrected chi connectivity index (χ4v) is 1.06. The molecular formula is C12H8N2O. The summed E-state index contributed by atoms with van der Waals surface area (Å²) < 4.78 is 4.99. The van der Waals surface area contributed by atoms with Gasteiger partial charge in [-0.15, -0.1) is 0 Å². The predicted octanol–water partition coefficient (Wildman–Crippen LogP) is 1.83. The molecule has 1 aromatic rings. The summed E-state index contributed by atoms with van der Waals surface area (Å²) in [6.45, 7) is 0. The molecule has 0 bridgehead atoms. The average Bonchev–Trinajstić information content (AvgIpc) is 2.29. The molecule has 0 saturated heterocycles. The largest absolute Gasteiger partial charge is 0.495 e. The molecule has 3 heteroatoms. The molecule has 0 spiro atoms. The fraction of sp³-hybridized carbons (Fsp3) is 0.167. The Balaban J connectivity index is 3.02. The monoisotopic (exact) mass is 196 g/mol. The third kappa shape index (κ3) is 2.76. The van der Waals surface area contributed by atoms with Crippen LogP contribution in [0.15, 0.2) is 18.2 Å². The molecule has 0 radical (unpaired) electrons. The number of benzene rings is 1. The first-order valence-corrected chi connectivity index (χ1v) is 4.25. The molecule has 0 aliphatic heterocycles. The molecule has 0 aliphatic rings. The standard InChI is InChI=1S/C12H8N2O/c1-15-12-6-5-10(4-2-3-7-13)8-11(12)9-14/h5-6,8H,3H2,1H3. The van der Waals surface area contributed by atoms with E-state index in [1.165, 1.54) is 7.11 Å². The quantitative estimate of drug-likeness (QED) is 0.644. The van der Waals surface area contributed by atoms with Crippen molar-refractivity contribution in [1.29, 1.82) is 10.5 Å². The highest BCUT2D eigenvalue weighted by molar-refractivity contribution is 5.49. The average molecular weight is 196 g/mol. The predicted molar refractivity (Wildman–Crippen MR) is 54.8 cm³/mol. The van der Waals surface area contributed by atoms with Crippen molar-refractivity contribution in [2.24, 2.45) is 0 Å². The lowest BCUT2D eigenvalue weighted by molar-refractivity contribution is 0.413. The maximum Gasteiger partial charge on any atom is 0.136 e. The van der Waals surface area contributed by atoms with Crippen LogP contribution < -0.4 is 4.74 Å². The Morgan fingerprint density at radius 3 is 2.73 bits per heavy atom. The van der Waals surface area contributed by atoms with Crippen molar-refractivity contribution in [3.8, 4) is 29.7 Å². The van der Waals surface area contributed by atoms with E-state index in [4.69, 9.17) is 15.3 Å². The van der Waals surface area contributed by atoms with E-state index in [1.54, 1.807) is 18.2 Å². The second-order valence-electron chi connectivity index (χ2n) is 2.66. The molecule has 0 fully saturated rings. The van der Waals surface area contributed by atoms with E-state index in [0.717, 1.165) is 0 Å². The Morgan fingerprint density at radius 2 is 2.13 bits per heavy atom. The number of hydrogen-bond donors (Lipinski definition) is 0. The molecule has 0 aliphatic carbocycles. The number of hydrogen-bond acceptors (Lipinski definition) is 3. The molecule has 0 atom stereocenters. The minimum Gasteiger partial charge on any atom is -0.495 e. The summed E-state index contributed by atoms with van der Waals surface area (Å²) in [5.41, 5.74) is 1.16. The van der Waals surface area contributed by atoms with Gasteiger partial charge in [-0.3, -0.25) is 0 Å². The molecule has 0 N–H and O–H groups in total. The van der Waals surface area contributed by atoms with E-state index < -0.39 is 0 Å². The highest BCUT2D eigenvalue weighted by atomic mass is 16.5. The van der Waals surface area contributed by atoms with Crippen molar-refractivity contribution in [2.45, 2.75) is 6.42 Å². The van der Waals surface area contributed by atoms with Crippen molar-refractivity contribution in [3.05, 3.63) is 29.3 Å². The summed E-state index contributed by atoms with van der Waals surface area (Å²) in [6.07, 6.45) is 0.188. The molecule has 0 aromatic heterocycles. The Labute approximate surface area is 88.5 Å². The third-order valence-corrected chi connectivity index (χ3v) is 1.72. The van der Waals surface area contributed by atoms with E-state index in [0.29, 0.717) is 16.9 Å². The van der Waals surface area contributed by atoms with E-state index in [9.17, 15) is 0 Å². The van der Waals surface area contributed by atoms with Gasteiger partial charge in [0.15, 0.2) is 0 Å². The van der Waals surface area contributed by atoms with Gasteiger partial charge in [0.05, 0.1) is 25.2 Å². The van der Waals surface area contributed by atoms with Gasteiger partial charge in [-0.1, -0.05) is 11.8 Å². The second kappa shape index (κ2) is 5.32. The van der Waals surface area contributed by atoms with Crippen LogP contribution in [-0.4, -0.2) is 7.11 Å². The molecule has 0 amide bonds. The van der Waals surface area contributed by atoms with E-state index in [-0.39, 0.29) is 6.42 Å². The number of nitrogens with zero attached hydrogens (tertiary/aromatic N) is 2. The first-order chi connectivity index (χ1) is 7.31. The summed E-state index contributed by atoms with van der Waals surface area (Å²) >= 11 is 0. The molecule has 1 rings (SSSR count). The Bertz CT molecular complexity index is 495. The summed E-state index contributed by atoms with van der Waals surface area (Å²) in [4.78, 5) is 0. The van der Waals surface area contributed by atoms with Crippen molar-refractivity contribution in [3.63, 3.8) is 0 Å². The Hall–Kier alpha value is -2.44. The lowest BCUT2D eigenvalue weighted by Gasteiger charge is -2.01. The normalized spacial score (nSPS) is 7.93. The Kier molecular flexibility index (Phi) is 3.78. The van der Waals surface area contributed by atoms with Gasteiger partial charge in [-0.2, -0.15) is 10.5 Å².